The van der Waals surface area contributed by atoms with Gasteiger partial charge in [-0.15, -0.1) is 0 Å². The van der Waals surface area contributed by atoms with Crippen LogP contribution in [-0.4, -0.2) is 156 Å². The lowest BCUT2D eigenvalue weighted by Gasteiger charge is -2.29. The summed E-state index contributed by atoms with van der Waals surface area (Å²) in [6.45, 7) is 0.268. The van der Waals surface area contributed by atoms with E-state index in [0.29, 0.717) is 12.0 Å². The first-order valence-corrected chi connectivity index (χ1v) is 20.4. The molecule has 26 heteroatoms. The zero-order chi connectivity index (χ0) is 49.0. The van der Waals surface area contributed by atoms with Crippen LogP contribution in [0.5, 0.6) is 5.75 Å². The van der Waals surface area contributed by atoms with Crippen LogP contribution in [0, 0.1) is 5.92 Å². The lowest BCUT2D eigenvalue weighted by Crippen LogP contribution is -2.61. The van der Waals surface area contributed by atoms with E-state index in [4.69, 9.17) is 17.2 Å². The molecule has 1 heterocycles. The fourth-order valence-corrected chi connectivity index (χ4v) is 6.14. The Morgan fingerprint density at radius 2 is 1.42 bits per heavy atom. The number of rotatable bonds is 17. The van der Waals surface area contributed by atoms with Crippen LogP contribution in [0.2, 0.25) is 0 Å². The maximum Gasteiger partial charge on any atom is 0.245 e. The summed E-state index contributed by atoms with van der Waals surface area (Å²) in [6.07, 6.45) is -2.75. The summed E-state index contributed by atoms with van der Waals surface area (Å²) in [4.78, 5) is 157. The number of benzene rings is 1. The highest BCUT2D eigenvalue weighted by Gasteiger charge is 2.36. The number of primary amides is 3. The van der Waals surface area contributed by atoms with Gasteiger partial charge in [0.2, 0.25) is 70.9 Å². The highest BCUT2D eigenvalue weighted by atomic mass is 16.3. The predicted molar refractivity (Wildman–Crippen MR) is 224 cm³/mol. The Labute approximate surface area is 372 Å². The van der Waals surface area contributed by atoms with Crippen LogP contribution in [0.4, 0.5) is 0 Å². The summed E-state index contributed by atoms with van der Waals surface area (Å²) in [5.41, 5.74) is 16.2. The van der Waals surface area contributed by atoms with Crippen LogP contribution >= 0.6 is 0 Å². The number of carbonyl (C=O) groups is 12. The Morgan fingerprint density at radius 1 is 0.800 bits per heavy atom. The van der Waals surface area contributed by atoms with Gasteiger partial charge in [0.15, 0.2) is 0 Å². The van der Waals surface area contributed by atoms with Crippen LogP contribution in [0.3, 0.4) is 0 Å². The van der Waals surface area contributed by atoms with Crippen LogP contribution in [0.1, 0.15) is 57.9 Å². The van der Waals surface area contributed by atoms with E-state index in [-0.39, 0.29) is 12.2 Å². The smallest absolute Gasteiger partial charge is 0.245 e. The molecule has 26 nitrogen and oxygen atoms in total. The van der Waals surface area contributed by atoms with Gasteiger partial charge < -0.3 is 74.8 Å². The maximum atomic E-state index is 13.9. The van der Waals surface area contributed by atoms with E-state index in [2.05, 4.69) is 42.5 Å². The van der Waals surface area contributed by atoms with E-state index in [9.17, 15) is 67.7 Å². The van der Waals surface area contributed by atoms with Crippen molar-refractivity contribution in [1.82, 2.24) is 47.4 Å². The van der Waals surface area contributed by atoms with Crippen molar-refractivity contribution in [3.63, 3.8) is 0 Å². The summed E-state index contributed by atoms with van der Waals surface area (Å²) in [7, 11) is 1.10. The molecule has 0 radical (unpaired) electrons. The molecular weight excluding hydrogens is 860 g/mol. The molecular formula is C39H58N12O14. The van der Waals surface area contributed by atoms with Crippen molar-refractivity contribution in [2.24, 2.45) is 23.1 Å². The number of aromatic hydroxyl groups is 1. The number of nitrogens with two attached hydrogens (primary N) is 3. The van der Waals surface area contributed by atoms with E-state index in [1.165, 1.54) is 24.3 Å². The Kier molecular flexibility index (Phi) is 21.7. The molecule has 1 aromatic carbocycles. The number of phenolic OH excluding ortho intramolecular Hbond substituents is 1. The number of phenols is 1. The van der Waals surface area contributed by atoms with Crippen molar-refractivity contribution in [3.8, 4) is 5.75 Å². The third-order valence-electron chi connectivity index (χ3n) is 9.92. The number of aliphatic hydroxyl groups excluding tert-OH is 1. The molecule has 358 valence electrons. The van der Waals surface area contributed by atoms with Crippen molar-refractivity contribution in [2.45, 2.75) is 95.0 Å². The molecule has 65 heavy (non-hydrogen) atoms. The van der Waals surface area contributed by atoms with E-state index in [1.807, 2.05) is 0 Å². The normalized spacial score (nSPS) is 21.3. The minimum atomic E-state index is -1.85. The number of likely N-dealkylation sites (N-methyl/N-ethyl adjacent to an activating group) is 1. The topological polar surface area (TPSA) is 423 Å². The first-order chi connectivity index (χ1) is 30.5. The zero-order valence-corrected chi connectivity index (χ0v) is 36.1. The monoisotopic (exact) mass is 918 g/mol. The van der Waals surface area contributed by atoms with Gasteiger partial charge in [0.25, 0.3) is 0 Å². The first-order valence-electron chi connectivity index (χ1n) is 20.4. The highest BCUT2D eigenvalue weighted by molar-refractivity contribution is 5.99. The Morgan fingerprint density at radius 3 is 2.00 bits per heavy atom. The van der Waals surface area contributed by atoms with Crippen LogP contribution in [0.15, 0.2) is 24.3 Å². The quantitative estimate of drug-likeness (QED) is 0.0691. The number of amides is 12. The first kappa shape index (κ1) is 53.8. The number of aliphatic hydroxyl groups is 1. The van der Waals surface area contributed by atoms with Gasteiger partial charge in [-0.25, -0.2) is 0 Å². The Balaban J connectivity index is 2.58. The van der Waals surface area contributed by atoms with Crippen LogP contribution in [0.25, 0.3) is 0 Å². The third-order valence-corrected chi connectivity index (χ3v) is 9.92. The molecule has 16 N–H and O–H groups in total. The summed E-state index contributed by atoms with van der Waals surface area (Å²) < 4.78 is 0. The molecule has 0 aromatic heterocycles. The molecule has 2 rings (SSSR count). The SMILES string of the molecule is CC[C@H](C)[C@@H]1NC(=O)[C@H](Cc2ccc(O)cc2)NC(=O)CNC(=O)CC[C@@H](C(=O)N(C)CC(=O)N[C@@H](CO)C(=O)NCC(N)=O)NC(=O)[C@H](CC(N)=O)NC(=O)[C@H](CCC(N)=O)NC1=O. The van der Waals surface area contributed by atoms with Gasteiger partial charge in [-0.1, -0.05) is 32.4 Å². The van der Waals surface area contributed by atoms with Gasteiger partial charge in [-0.2, -0.15) is 0 Å². The van der Waals surface area contributed by atoms with Gasteiger partial charge in [0, 0.05) is 26.3 Å². The molecule has 0 aliphatic carbocycles. The summed E-state index contributed by atoms with van der Waals surface area (Å²) in [5.74, 6) is -12.5. The zero-order valence-electron chi connectivity index (χ0n) is 36.1. The largest absolute Gasteiger partial charge is 0.508 e. The van der Waals surface area contributed by atoms with E-state index in [0.717, 1.165) is 11.9 Å². The molecule has 1 aliphatic heterocycles. The molecule has 7 atom stereocenters. The molecule has 0 spiro atoms. The lowest BCUT2D eigenvalue weighted by atomic mass is 9.96. The van der Waals surface area contributed by atoms with Crippen molar-refractivity contribution < 1.29 is 67.7 Å². The number of hydrogen-bond acceptors (Lipinski definition) is 14. The van der Waals surface area contributed by atoms with Gasteiger partial charge in [0.05, 0.1) is 32.7 Å². The Bertz CT molecular complexity index is 1950. The molecule has 1 saturated heterocycles. The van der Waals surface area contributed by atoms with E-state index in [1.54, 1.807) is 13.8 Å². The molecule has 0 saturated carbocycles. The number of nitrogens with one attached hydrogen (secondary N) is 8. The van der Waals surface area contributed by atoms with Crippen molar-refractivity contribution in [1.29, 1.82) is 0 Å². The van der Waals surface area contributed by atoms with Gasteiger partial charge in [-0.3, -0.25) is 57.5 Å². The third kappa shape index (κ3) is 18.9. The molecule has 1 aliphatic rings. The second-order valence-corrected chi connectivity index (χ2v) is 15.2. The number of nitrogens with zero attached hydrogens (tertiary/aromatic N) is 1. The fraction of sp³-hybridized carbons (Fsp3) is 0.538. The van der Waals surface area contributed by atoms with Gasteiger partial charge in [-0.05, 0) is 36.5 Å². The minimum Gasteiger partial charge on any atom is -0.508 e. The fourth-order valence-electron chi connectivity index (χ4n) is 6.14. The molecule has 12 amide bonds. The van der Waals surface area contributed by atoms with Crippen LogP contribution in [-0.2, 0) is 64.0 Å². The van der Waals surface area contributed by atoms with Crippen molar-refractivity contribution in [3.05, 3.63) is 29.8 Å². The van der Waals surface area contributed by atoms with Crippen LogP contribution < -0.4 is 59.7 Å². The second-order valence-electron chi connectivity index (χ2n) is 15.2. The maximum absolute atomic E-state index is 13.9. The van der Waals surface area contributed by atoms with E-state index >= 15 is 0 Å². The number of carbonyl (C=O) groups excluding carboxylic acids is 12. The number of hydrogen-bond donors (Lipinski definition) is 13. The summed E-state index contributed by atoms with van der Waals surface area (Å²) in [6, 6.07) is -3.85. The average molecular weight is 919 g/mol. The second kappa shape index (κ2) is 26.3. The highest BCUT2D eigenvalue weighted by Crippen LogP contribution is 2.14. The average Bonchev–Trinajstić information content (AvgIpc) is 3.24. The molecule has 0 unspecified atom stereocenters. The predicted octanol–water partition coefficient (Wildman–Crippen LogP) is -7.01. The van der Waals surface area contributed by atoms with Gasteiger partial charge >= 0.3 is 0 Å². The molecule has 1 aromatic rings. The molecule has 1 fully saturated rings. The molecule has 0 bridgehead atoms. The van der Waals surface area contributed by atoms with Gasteiger partial charge in [0.1, 0.15) is 42.0 Å². The summed E-state index contributed by atoms with van der Waals surface area (Å²) in [5, 5.41) is 38.1. The van der Waals surface area contributed by atoms with E-state index < -0.39 is 171 Å². The standard InChI is InChI=1S/C39H58N12O14/c1-4-19(2)33-38(64)47-22(9-11-27(40)54)35(61)49-25(14-28(41)55)36(62)48-23(39(65)51(3)17-32(59)46-26(18-52)34(60)44-15-29(42)56)10-12-30(57)43-16-31(58)45-24(37(63)50-33)13-20-5-7-21(53)8-6-20/h5-8,19,22-26,33,52-53H,4,9-18H2,1-3H3,(H2,40,54)(H2,41,55)(H2,42,56)(H,43,57)(H,44,60)(H,45,58)(H,46,59)(H,47,64)(H,48,62)(H,49,61)(H,50,63)/t19-,22-,23-,24-,25-,26-,33-/m0/s1. The summed E-state index contributed by atoms with van der Waals surface area (Å²) >= 11 is 0. The minimum absolute atomic E-state index is 0.0805. The van der Waals surface area contributed by atoms with Crippen molar-refractivity contribution >= 4 is 70.9 Å². The lowest BCUT2D eigenvalue weighted by molar-refractivity contribution is -0.140. The van der Waals surface area contributed by atoms with Crippen molar-refractivity contribution in [2.75, 3.05) is 33.3 Å². The Hall–Kier alpha value is -7.38.